The summed E-state index contributed by atoms with van der Waals surface area (Å²) in [5.74, 6) is 0. The third-order valence-corrected chi connectivity index (χ3v) is 6.70. The zero-order chi connectivity index (χ0) is 23.9. The second-order valence-electron chi connectivity index (χ2n) is 8.90. The Morgan fingerprint density at radius 2 is 1.03 bits per heavy atom. The molecular weight excluding hydrogens is 438 g/mol. The first-order valence-corrected chi connectivity index (χ1v) is 12.0. The molecule has 36 heavy (non-hydrogen) atoms. The van der Waals surface area contributed by atoms with Crippen LogP contribution in [0.4, 0.5) is 0 Å². The molecule has 7 aromatic rings. The van der Waals surface area contributed by atoms with Gasteiger partial charge in [0.05, 0.1) is 27.9 Å². The largest absolute Gasteiger partial charge is 0.256 e. The average molecular weight is 460 g/mol. The summed E-state index contributed by atoms with van der Waals surface area (Å²) in [4.78, 5) is 14.7. The van der Waals surface area contributed by atoms with Crippen LogP contribution in [-0.2, 0) is 0 Å². The van der Waals surface area contributed by atoms with Gasteiger partial charge in [-0.1, -0.05) is 97.1 Å². The molecular formula is C33H21N3. The highest BCUT2D eigenvalue weighted by Gasteiger charge is 2.14. The minimum Gasteiger partial charge on any atom is -0.256 e. The third kappa shape index (κ3) is 3.41. The molecule has 0 bridgehead atoms. The number of aromatic nitrogens is 3. The summed E-state index contributed by atoms with van der Waals surface area (Å²) in [7, 11) is 0. The molecule has 2 aromatic heterocycles. The van der Waals surface area contributed by atoms with E-state index in [1.165, 1.54) is 16.3 Å². The summed E-state index contributed by atoms with van der Waals surface area (Å²) in [6, 6.07) is 41.9. The van der Waals surface area contributed by atoms with E-state index < -0.39 is 0 Å². The van der Waals surface area contributed by atoms with E-state index in [1.807, 2.05) is 54.7 Å². The van der Waals surface area contributed by atoms with E-state index >= 15 is 0 Å². The molecule has 7 rings (SSSR count). The van der Waals surface area contributed by atoms with Gasteiger partial charge < -0.3 is 0 Å². The van der Waals surface area contributed by atoms with Crippen molar-refractivity contribution < 1.29 is 0 Å². The maximum absolute atomic E-state index is 5.04. The molecule has 0 radical (unpaired) electrons. The number of hydrogen-bond donors (Lipinski definition) is 0. The SMILES string of the molecule is c1ccc(-c2nc3ccccc3nc2-c2ccc(-c3cc4cccnc4c4ccccc34)cc2)cc1. The van der Waals surface area contributed by atoms with Gasteiger partial charge in [-0.15, -0.1) is 0 Å². The van der Waals surface area contributed by atoms with Gasteiger partial charge in [-0.25, -0.2) is 9.97 Å². The number of para-hydroxylation sites is 2. The van der Waals surface area contributed by atoms with Crippen LogP contribution in [0, 0.1) is 0 Å². The molecule has 0 N–H and O–H groups in total. The standard InChI is InChI=1S/C33H21N3/c1-2-9-23(10-3-1)32-33(36-30-15-7-6-14-29(30)35-32)24-18-16-22(17-19-24)28-21-25-11-8-20-34-31(25)27-13-5-4-12-26(27)28/h1-21H. The van der Waals surface area contributed by atoms with Crippen LogP contribution in [0.5, 0.6) is 0 Å². The van der Waals surface area contributed by atoms with Crippen molar-refractivity contribution in [1.29, 1.82) is 0 Å². The third-order valence-electron chi connectivity index (χ3n) is 6.70. The molecule has 0 unspecified atom stereocenters. The maximum atomic E-state index is 5.04. The van der Waals surface area contributed by atoms with Crippen molar-refractivity contribution in [2.45, 2.75) is 0 Å². The lowest BCUT2D eigenvalue weighted by Gasteiger charge is -2.13. The highest BCUT2D eigenvalue weighted by molar-refractivity contribution is 6.12. The number of hydrogen-bond acceptors (Lipinski definition) is 3. The molecule has 0 aliphatic heterocycles. The number of fused-ring (bicyclic) bond motifs is 4. The Balaban J connectivity index is 1.40. The lowest BCUT2D eigenvalue weighted by molar-refractivity contribution is 1.29. The van der Waals surface area contributed by atoms with Crippen LogP contribution in [0.2, 0.25) is 0 Å². The van der Waals surface area contributed by atoms with Gasteiger partial charge in [0.1, 0.15) is 0 Å². The topological polar surface area (TPSA) is 38.7 Å². The molecule has 168 valence electrons. The van der Waals surface area contributed by atoms with Gasteiger partial charge in [0.25, 0.3) is 0 Å². The Morgan fingerprint density at radius 3 is 1.75 bits per heavy atom. The fourth-order valence-corrected chi connectivity index (χ4v) is 4.96. The average Bonchev–Trinajstić information content (AvgIpc) is 2.96. The summed E-state index contributed by atoms with van der Waals surface area (Å²) in [5.41, 5.74) is 9.07. The normalized spacial score (nSPS) is 11.3. The summed E-state index contributed by atoms with van der Waals surface area (Å²) >= 11 is 0. The molecule has 0 saturated carbocycles. The molecule has 0 atom stereocenters. The molecule has 5 aromatic carbocycles. The zero-order valence-corrected chi connectivity index (χ0v) is 19.5. The van der Waals surface area contributed by atoms with Crippen LogP contribution in [0.15, 0.2) is 128 Å². The minimum absolute atomic E-state index is 0.888. The monoisotopic (exact) mass is 459 g/mol. The summed E-state index contributed by atoms with van der Waals surface area (Å²) < 4.78 is 0. The highest BCUT2D eigenvalue weighted by atomic mass is 14.8. The van der Waals surface area contributed by atoms with Crippen molar-refractivity contribution in [3.05, 3.63) is 128 Å². The van der Waals surface area contributed by atoms with Crippen LogP contribution in [0.3, 0.4) is 0 Å². The number of benzene rings is 5. The minimum atomic E-state index is 0.888. The second kappa shape index (κ2) is 8.40. The van der Waals surface area contributed by atoms with Gasteiger partial charge in [-0.2, -0.15) is 0 Å². The van der Waals surface area contributed by atoms with Gasteiger partial charge >= 0.3 is 0 Å². The Labute approximate surface area is 208 Å². The van der Waals surface area contributed by atoms with Crippen LogP contribution in [-0.4, -0.2) is 15.0 Å². The molecule has 3 heteroatoms. The van der Waals surface area contributed by atoms with Gasteiger partial charge in [-0.05, 0) is 40.8 Å². The van der Waals surface area contributed by atoms with E-state index in [-0.39, 0.29) is 0 Å². The fraction of sp³-hybridized carbons (Fsp3) is 0. The van der Waals surface area contributed by atoms with Gasteiger partial charge in [0.15, 0.2) is 0 Å². The van der Waals surface area contributed by atoms with Gasteiger partial charge in [0, 0.05) is 28.1 Å². The van der Waals surface area contributed by atoms with Crippen molar-refractivity contribution >= 4 is 32.7 Å². The smallest absolute Gasteiger partial charge is 0.0973 e. The lowest BCUT2D eigenvalue weighted by Crippen LogP contribution is -1.95. The van der Waals surface area contributed by atoms with E-state index in [4.69, 9.17) is 9.97 Å². The van der Waals surface area contributed by atoms with Crippen LogP contribution in [0.1, 0.15) is 0 Å². The molecule has 0 spiro atoms. The first-order valence-electron chi connectivity index (χ1n) is 12.0. The summed E-state index contributed by atoms with van der Waals surface area (Å²) in [6.07, 6.45) is 1.86. The molecule has 0 saturated heterocycles. The second-order valence-corrected chi connectivity index (χ2v) is 8.90. The van der Waals surface area contributed by atoms with Crippen molar-refractivity contribution in [3.8, 4) is 33.6 Å². The quantitative estimate of drug-likeness (QED) is 0.249. The van der Waals surface area contributed by atoms with Crippen LogP contribution >= 0.6 is 0 Å². The van der Waals surface area contributed by atoms with E-state index in [0.717, 1.165) is 50.0 Å². The Hall–Kier alpha value is -4.89. The molecule has 0 aliphatic carbocycles. The fourth-order valence-electron chi connectivity index (χ4n) is 4.96. The number of pyridine rings is 1. The van der Waals surface area contributed by atoms with Gasteiger partial charge in [0.2, 0.25) is 0 Å². The van der Waals surface area contributed by atoms with Gasteiger partial charge in [-0.3, -0.25) is 4.98 Å². The highest BCUT2D eigenvalue weighted by Crippen LogP contribution is 2.36. The van der Waals surface area contributed by atoms with Crippen molar-refractivity contribution in [2.75, 3.05) is 0 Å². The first kappa shape index (κ1) is 20.5. The predicted octanol–water partition coefficient (Wildman–Crippen LogP) is 8.33. The Bertz CT molecular complexity index is 1870. The van der Waals surface area contributed by atoms with Crippen molar-refractivity contribution in [3.63, 3.8) is 0 Å². The Kier molecular flexibility index (Phi) is 4.78. The van der Waals surface area contributed by atoms with E-state index in [0.29, 0.717) is 0 Å². The van der Waals surface area contributed by atoms with Crippen molar-refractivity contribution in [2.24, 2.45) is 0 Å². The first-order chi connectivity index (χ1) is 17.8. The van der Waals surface area contributed by atoms with E-state index in [9.17, 15) is 0 Å². The molecule has 0 aliphatic rings. The van der Waals surface area contributed by atoms with Crippen LogP contribution < -0.4 is 0 Å². The van der Waals surface area contributed by atoms with Crippen LogP contribution in [0.25, 0.3) is 66.4 Å². The maximum Gasteiger partial charge on any atom is 0.0973 e. The van der Waals surface area contributed by atoms with Crippen molar-refractivity contribution in [1.82, 2.24) is 15.0 Å². The lowest BCUT2D eigenvalue weighted by atomic mass is 9.94. The zero-order valence-electron chi connectivity index (χ0n) is 19.5. The molecule has 2 heterocycles. The molecule has 3 nitrogen and oxygen atoms in total. The molecule has 0 fully saturated rings. The van der Waals surface area contributed by atoms with E-state index in [2.05, 4.69) is 77.8 Å². The summed E-state index contributed by atoms with van der Waals surface area (Å²) in [6.45, 7) is 0. The van der Waals surface area contributed by atoms with E-state index in [1.54, 1.807) is 0 Å². The molecule has 0 amide bonds. The predicted molar refractivity (Wildman–Crippen MR) is 149 cm³/mol. The number of nitrogens with zero attached hydrogens (tertiary/aromatic N) is 3. The number of rotatable bonds is 3. The Morgan fingerprint density at radius 1 is 0.444 bits per heavy atom. The summed E-state index contributed by atoms with van der Waals surface area (Å²) in [5, 5.41) is 3.51.